The van der Waals surface area contributed by atoms with Crippen LogP contribution in [0.15, 0.2) is 60.7 Å². The zero-order chi connectivity index (χ0) is 18.5. The Kier molecular flexibility index (Phi) is 5.56. The molecule has 0 radical (unpaired) electrons. The van der Waals surface area contributed by atoms with E-state index in [0.29, 0.717) is 13.1 Å². The van der Waals surface area contributed by atoms with E-state index in [2.05, 4.69) is 17.0 Å². The van der Waals surface area contributed by atoms with Crippen LogP contribution in [-0.2, 0) is 9.59 Å². The van der Waals surface area contributed by atoms with Gasteiger partial charge in [0, 0.05) is 38.9 Å². The van der Waals surface area contributed by atoms with Crippen LogP contribution < -0.4 is 4.90 Å². The van der Waals surface area contributed by atoms with E-state index in [4.69, 9.17) is 0 Å². The number of piperazine rings is 1. The highest BCUT2D eigenvalue weighted by Gasteiger charge is 2.30. The monoisotopic (exact) mass is 351 g/mol. The van der Waals surface area contributed by atoms with Gasteiger partial charge in [-0.05, 0) is 24.6 Å². The van der Waals surface area contributed by atoms with Crippen molar-refractivity contribution < 1.29 is 9.59 Å². The molecule has 26 heavy (non-hydrogen) atoms. The van der Waals surface area contributed by atoms with Crippen LogP contribution >= 0.6 is 0 Å². The molecule has 1 unspecified atom stereocenters. The molecule has 5 heteroatoms. The van der Waals surface area contributed by atoms with Gasteiger partial charge in [0.1, 0.15) is 0 Å². The van der Waals surface area contributed by atoms with Crippen molar-refractivity contribution in [1.29, 1.82) is 0 Å². The molecule has 2 aromatic carbocycles. The summed E-state index contributed by atoms with van der Waals surface area (Å²) in [7, 11) is 1.69. The first-order chi connectivity index (χ1) is 12.6. The second-order valence-corrected chi connectivity index (χ2v) is 6.62. The Labute approximate surface area is 154 Å². The zero-order valence-corrected chi connectivity index (χ0v) is 15.3. The van der Waals surface area contributed by atoms with Crippen molar-refractivity contribution in [3.05, 3.63) is 66.2 Å². The summed E-state index contributed by atoms with van der Waals surface area (Å²) in [6, 6.07) is 19.8. The van der Waals surface area contributed by atoms with E-state index in [1.807, 2.05) is 55.5 Å². The van der Waals surface area contributed by atoms with E-state index in [-0.39, 0.29) is 6.04 Å². The Hall–Kier alpha value is -2.82. The van der Waals surface area contributed by atoms with Crippen LogP contribution in [0.5, 0.6) is 0 Å². The fraction of sp³-hybridized carbons (Fsp3) is 0.333. The minimum Gasteiger partial charge on any atom is -0.368 e. The first-order valence-electron chi connectivity index (χ1n) is 8.99. The van der Waals surface area contributed by atoms with Gasteiger partial charge < -0.3 is 14.7 Å². The average molecular weight is 351 g/mol. The number of hydrogen-bond donors (Lipinski definition) is 0. The van der Waals surface area contributed by atoms with Gasteiger partial charge in [-0.2, -0.15) is 0 Å². The number of amides is 2. The number of nitrogens with zero attached hydrogens (tertiary/aromatic N) is 3. The summed E-state index contributed by atoms with van der Waals surface area (Å²) in [5, 5.41) is 0. The number of likely N-dealkylation sites (N-methyl/N-ethyl adjacent to an activating group) is 1. The van der Waals surface area contributed by atoms with Crippen LogP contribution in [0.4, 0.5) is 5.69 Å². The molecule has 1 aliphatic heterocycles. The Balaban J connectivity index is 1.58. The van der Waals surface area contributed by atoms with Crippen LogP contribution in [0.3, 0.4) is 0 Å². The molecule has 0 saturated carbocycles. The standard InChI is InChI=1S/C21H25N3O2/c1-17(18-9-5-3-6-10-18)22(2)20(25)21(26)24-15-13-23(14-16-24)19-11-7-4-8-12-19/h3-12,17H,13-16H2,1-2H3. The van der Waals surface area contributed by atoms with Gasteiger partial charge in [0.2, 0.25) is 0 Å². The summed E-state index contributed by atoms with van der Waals surface area (Å²) in [6.07, 6.45) is 0. The van der Waals surface area contributed by atoms with Crippen molar-refractivity contribution in [2.75, 3.05) is 38.1 Å². The third-order valence-electron chi connectivity index (χ3n) is 5.05. The van der Waals surface area contributed by atoms with Gasteiger partial charge >= 0.3 is 11.8 Å². The van der Waals surface area contributed by atoms with Crippen LogP contribution in [0.2, 0.25) is 0 Å². The molecule has 1 atom stereocenters. The molecule has 1 saturated heterocycles. The lowest BCUT2D eigenvalue weighted by atomic mass is 10.1. The molecule has 136 valence electrons. The highest BCUT2D eigenvalue weighted by atomic mass is 16.2. The van der Waals surface area contributed by atoms with Crippen molar-refractivity contribution in [3.8, 4) is 0 Å². The first-order valence-corrected chi connectivity index (χ1v) is 8.99. The third kappa shape index (κ3) is 3.87. The number of carbonyl (C=O) groups is 2. The summed E-state index contributed by atoms with van der Waals surface area (Å²) in [5.41, 5.74) is 2.17. The predicted molar refractivity (Wildman–Crippen MR) is 103 cm³/mol. The SMILES string of the molecule is CC(c1ccccc1)N(C)C(=O)C(=O)N1CCN(c2ccccc2)CC1. The fourth-order valence-corrected chi connectivity index (χ4v) is 3.22. The molecule has 0 aliphatic carbocycles. The molecular weight excluding hydrogens is 326 g/mol. The van der Waals surface area contributed by atoms with E-state index < -0.39 is 11.8 Å². The van der Waals surface area contributed by atoms with Gasteiger partial charge in [0.25, 0.3) is 0 Å². The maximum Gasteiger partial charge on any atom is 0.312 e. The second kappa shape index (κ2) is 8.04. The van der Waals surface area contributed by atoms with Crippen LogP contribution in [0, 0.1) is 0 Å². The van der Waals surface area contributed by atoms with Crippen molar-refractivity contribution in [2.24, 2.45) is 0 Å². The predicted octanol–water partition coefficient (Wildman–Crippen LogP) is 2.55. The number of hydrogen-bond acceptors (Lipinski definition) is 3. The third-order valence-corrected chi connectivity index (χ3v) is 5.05. The van der Waals surface area contributed by atoms with Gasteiger partial charge in [0.05, 0.1) is 6.04 Å². The molecule has 0 bridgehead atoms. The Morgan fingerprint density at radius 3 is 2.00 bits per heavy atom. The van der Waals surface area contributed by atoms with Gasteiger partial charge in [-0.1, -0.05) is 48.5 Å². The number of benzene rings is 2. The molecule has 5 nitrogen and oxygen atoms in total. The highest BCUT2D eigenvalue weighted by molar-refractivity contribution is 6.34. The number of rotatable bonds is 3. The van der Waals surface area contributed by atoms with Crippen molar-refractivity contribution in [3.63, 3.8) is 0 Å². The molecule has 1 heterocycles. The Bertz CT molecular complexity index is 740. The summed E-state index contributed by atoms with van der Waals surface area (Å²) in [6.45, 7) is 4.54. The quantitative estimate of drug-likeness (QED) is 0.799. The first kappa shape index (κ1) is 18.0. The van der Waals surface area contributed by atoms with Crippen LogP contribution in [0.25, 0.3) is 0 Å². The topological polar surface area (TPSA) is 43.9 Å². The molecule has 1 fully saturated rings. The van der Waals surface area contributed by atoms with Gasteiger partial charge in [-0.25, -0.2) is 0 Å². The average Bonchev–Trinajstić information content (AvgIpc) is 2.73. The smallest absolute Gasteiger partial charge is 0.312 e. The number of anilines is 1. The molecule has 0 N–H and O–H groups in total. The van der Waals surface area contributed by atoms with Gasteiger partial charge in [0.15, 0.2) is 0 Å². The number of para-hydroxylation sites is 1. The van der Waals surface area contributed by atoms with E-state index in [9.17, 15) is 9.59 Å². The summed E-state index contributed by atoms with van der Waals surface area (Å²) in [5.74, 6) is -0.863. The van der Waals surface area contributed by atoms with Gasteiger partial charge in [-0.15, -0.1) is 0 Å². The zero-order valence-electron chi connectivity index (χ0n) is 15.3. The Morgan fingerprint density at radius 1 is 0.885 bits per heavy atom. The van der Waals surface area contributed by atoms with E-state index in [0.717, 1.165) is 24.3 Å². The van der Waals surface area contributed by atoms with E-state index in [1.165, 1.54) is 4.90 Å². The summed E-state index contributed by atoms with van der Waals surface area (Å²) >= 11 is 0. The maximum absolute atomic E-state index is 12.6. The minimum absolute atomic E-state index is 0.141. The summed E-state index contributed by atoms with van der Waals surface area (Å²) < 4.78 is 0. The second-order valence-electron chi connectivity index (χ2n) is 6.62. The molecule has 3 rings (SSSR count). The van der Waals surface area contributed by atoms with Crippen LogP contribution in [0.1, 0.15) is 18.5 Å². The van der Waals surface area contributed by atoms with E-state index in [1.54, 1.807) is 11.9 Å². The lowest BCUT2D eigenvalue weighted by Gasteiger charge is -2.36. The van der Waals surface area contributed by atoms with E-state index >= 15 is 0 Å². The molecule has 2 aromatic rings. The number of carbonyl (C=O) groups excluding carboxylic acids is 2. The molecule has 2 amide bonds. The van der Waals surface area contributed by atoms with Crippen molar-refractivity contribution in [2.45, 2.75) is 13.0 Å². The highest BCUT2D eigenvalue weighted by Crippen LogP contribution is 2.20. The largest absolute Gasteiger partial charge is 0.368 e. The Morgan fingerprint density at radius 2 is 1.42 bits per heavy atom. The maximum atomic E-state index is 12.6. The van der Waals surface area contributed by atoms with Crippen molar-refractivity contribution in [1.82, 2.24) is 9.80 Å². The normalized spacial score (nSPS) is 15.5. The molecule has 1 aliphatic rings. The van der Waals surface area contributed by atoms with Crippen LogP contribution in [-0.4, -0.2) is 54.8 Å². The fourth-order valence-electron chi connectivity index (χ4n) is 3.22. The molecule has 0 aromatic heterocycles. The lowest BCUT2D eigenvalue weighted by Crippen LogP contribution is -2.53. The molecule has 0 spiro atoms. The molecular formula is C21H25N3O2. The minimum atomic E-state index is -0.450. The lowest BCUT2D eigenvalue weighted by molar-refractivity contribution is -0.152. The van der Waals surface area contributed by atoms with Crippen molar-refractivity contribution >= 4 is 17.5 Å². The summed E-state index contributed by atoms with van der Waals surface area (Å²) in [4.78, 5) is 30.7. The van der Waals surface area contributed by atoms with Gasteiger partial charge in [-0.3, -0.25) is 9.59 Å².